The van der Waals surface area contributed by atoms with E-state index in [0.29, 0.717) is 11.6 Å². The smallest absolute Gasteiger partial charge is 0.226 e. The number of amides is 1. The van der Waals surface area contributed by atoms with E-state index in [1.165, 1.54) is 12.1 Å². The van der Waals surface area contributed by atoms with Gasteiger partial charge in [0.2, 0.25) is 5.91 Å². The van der Waals surface area contributed by atoms with E-state index in [1.54, 1.807) is 23.3 Å². The topological polar surface area (TPSA) is 67.2 Å². The molecule has 0 spiro atoms. The predicted octanol–water partition coefficient (Wildman–Crippen LogP) is 2.92. The van der Waals surface area contributed by atoms with Crippen molar-refractivity contribution >= 4 is 34.8 Å². The van der Waals surface area contributed by atoms with E-state index in [0.717, 1.165) is 0 Å². The Morgan fingerprint density at radius 3 is 2.89 bits per heavy atom. The summed E-state index contributed by atoms with van der Waals surface area (Å²) in [6.07, 6.45) is 5.28. The lowest BCUT2D eigenvalue weighted by molar-refractivity contribution is -0.116. The molecule has 1 heterocycles. The number of aromatic nitrogens is 2. The maximum atomic E-state index is 11.7. The lowest BCUT2D eigenvalue weighted by atomic mass is 10.2. The average Bonchev–Trinajstić information content (AvgIpc) is 2.86. The van der Waals surface area contributed by atoms with Crippen LogP contribution in [0, 0.1) is 0 Å². The number of hydrogen-bond donors (Lipinski definition) is 2. The van der Waals surface area contributed by atoms with Gasteiger partial charge in [0.25, 0.3) is 0 Å². The van der Waals surface area contributed by atoms with Crippen LogP contribution in [0.2, 0.25) is 10.0 Å². The molecule has 0 atom stereocenters. The average molecular weight is 300 g/mol. The fraction of sp³-hybridized carbons (Fsp3) is 0.167. The highest BCUT2D eigenvalue weighted by Gasteiger charge is 2.11. The van der Waals surface area contributed by atoms with Crippen molar-refractivity contribution in [1.29, 1.82) is 0 Å². The zero-order valence-corrected chi connectivity index (χ0v) is 11.3. The number of nitrogens with one attached hydrogen (secondary N) is 1. The van der Waals surface area contributed by atoms with E-state index in [4.69, 9.17) is 23.2 Å². The minimum absolute atomic E-state index is 0.0948. The molecule has 2 aromatic rings. The van der Waals surface area contributed by atoms with E-state index in [-0.39, 0.29) is 28.8 Å². The van der Waals surface area contributed by atoms with Crippen LogP contribution in [-0.4, -0.2) is 20.6 Å². The molecule has 0 radical (unpaired) electrons. The molecule has 0 fully saturated rings. The number of carbonyl (C=O) groups excluding carboxylic acids is 1. The Bertz CT molecular complexity index is 585. The third-order valence-corrected chi connectivity index (χ3v) is 2.96. The molecule has 5 nitrogen and oxygen atoms in total. The first-order valence-corrected chi connectivity index (χ1v) is 6.25. The Balaban J connectivity index is 1.99. The molecule has 0 unspecified atom stereocenters. The van der Waals surface area contributed by atoms with Crippen molar-refractivity contribution in [1.82, 2.24) is 9.55 Å². The summed E-state index contributed by atoms with van der Waals surface area (Å²) in [4.78, 5) is 15.6. The number of halogens is 2. The molecule has 7 heteroatoms. The normalized spacial score (nSPS) is 10.4. The first-order valence-electron chi connectivity index (χ1n) is 5.50. The van der Waals surface area contributed by atoms with Gasteiger partial charge in [-0.3, -0.25) is 4.79 Å². The van der Waals surface area contributed by atoms with Crippen LogP contribution in [0.4, 0.5) is 5.69 Å². The van der Waals surface area contributed by atoms with Gasteiger partial charge >= 0.3 is 0 Å². The highest BCUT2D eigenvalue weighted by Crippen LogP contribution is 2.34. The zero-order valence-electron chi connectivity index (χ0n) is 9.81. The molecule has 2 rings (SSSR count). The number of phenols is 1. The molecule has 1 amide bonds. The molecular weight excluding hydrogens is 289 g/mol. The molecule has 0 aliphatic rings. The van der Waals surface area contributed by atoms with Gasteiger partial charge in [0.15, 0.2) is 5.75 Å². The molecule has 0 bridgehead atoms. The maximum Gasteiger partial charge on any atom is 0.226 e. The van der Waals surface area contributed by atoms with E-state index in [2.05, 4.69) is 10.3 Å². The number of nitrogens with zero attached hydrogens (tertiary/aromatic N) is 2. The molecule has 1 aromatic heterocycles. The summed E-state index contributed by atoms with van der Waals surface area (Å²) in [5.41, 5.74) is 0.202. The van der Waals surface area contributed by atoms with Crippen molar-refractivity contribution in [3.63, 3.8) is 0 Å². The summed E-state index contributed by atoms with van der Waals surface area (Å²) in [6, 6.07) is 2.84. The minimum atomic E-state index is -0.248. The van der Waals surface area contributed by atoms with Crippen LogP contribution in [-0.2, 0) is 11.3 Å². The molecule has 0 aliphatic heterocycles. The van der Waals surface area contributed by atoms with Gasteiger partial charge in [-0.05, 0) is 12.1 Å². The zero-order chi connectivity index (χ0) is 13.8. The van der Waals surface area contributed by atoms with Crippen LogP contribution in [0.1, 0.15) is 6.42 Å². The summed E-state index contributed by atoms with van der Waals surface area (Å²) in [5.74, 6) is -0.440. The monoisotopic (exact) mass is 299 g/mol. The number of rotatable bonds is 4. The van der Waals surface area contributed by atoms with Crippen molar-refractivity contribution in [3.8, 4) is 5.75 Å². The van der Waals surface area contributed by atoms with Gasteiger partial charge in [0, 0.05) is 30.4 Å². The number of carbonyl (C=O) groups is 1. The van der Waals surface area contributed by atoms with E-state index >= 15 is 0 Å². The third kappa shape index (κ3) is 3.62. The van der Waals surface area contributed by atoms with Crippen LogP contribution in [0.5, 0.6) is 5.75 Å². The van der Waals surface area contributed by atoms with E-state index < -0.39 is 0 Å². The Labute approximate surface area is 119 Å². The van der Waals surface area contributed by atoms with E-state index in [1.807, 2.05) is 0 Å². The first-order chi connectivity index (χ1) is 9.06. The van der Waals surface area contributed by atoms with Crippen LogP contribution in [0.25, 0.3) is 0 Å². The standard InChI is InChI=1S/C12H11Cl2N3O2/c13-8-5-9(14)12(19)10(6-8)16-11(18)1-3-17-4-2-15-7-17/h2,4-7,19H,1,3H2,(H,16,18). The number of aryl methyl sites for hydroxylation is 1. The summed E-state index contributed by atoms with van der Waals surface area (Å²) in [6.45, 7) is 0.501. The molecule has 0 aliphatic carbocycles. The van der Waals surface area contributed by atoms with Gasteiger partial charge in [0.1, 0.15) is 0 Å². The first kappa shape index (κ1) is 13.7. The molecular formula is C12H11Cl2N3O2. The summed E-state index contributed by atoms with van der Waals surface area (Å²) < 4.78 is 1.78. The molecule has 1 aromatic carbocycles. The van der Waals surface area contributed by atoms with Gasteiger partial charge in [0.05, 0.1) is 17.0 Å². The molecule has 19 heavy (non-hydrogen) atoms. The molecule has 2 N–H and O–H groups in total. The number of imidazole rings is 1. The summed E-state index contributed by atoms with van der Waals surface area (Å²) in [7, 11) is 0. The fourth-order valence-electron chi connectivity index (χ4n) is 1.52. The lowest BCUT2D eigenvalue weighted by Gasteiger charge is -2.09. The second-order valence-corrected chi connectivity index (χ2v) is 4.73. The Hall–Kier alpha value is -1.72. The molecule has 0 saturated carbocycles. The fourth-order valence-corrected chi connectivity index (χ4v) is 2.02. The molecule has 0 saturated heterocycles. The SMILES string of the molecule is O=C(CCn1ccnc1)Nc1cc(Cl)cc(Cl)c1O. The van der Waals surface area contributed by atoms with E-state index in [9.17, 15) is 9.90 Å². The van der Waals surface area contributed by atoms with Crippen LogP contribution >= 0.6 is 23.2 Å². The predicted molar refractivity (Wildman–Crippen MR) is 73.6 cm³/mol. The third-order valence-electron chi connectivity index (χ3n) is 2.46. The van der Waals surface area contributed by atoms with Crippen molar-refractivity contribution in [3.05, 3.63) is 40.9 Å². The van der Waals surface area contributed by atoms with Crippen molar-refractivity contribution in [2.75, 3.05) is 5.32 Å². The van der Waals surface area contributed by atoms with Crippen LogP contribution in [0.3, 0.4) is 0 Å². The number of benzene rings is 1. The molecule has 100 valence electrons. The summed E-state index contributed by atoms with van der Waals surface area (Å²) in [5, 5.41) is 12.7. The van der Waals surface area contributed by atoms with Crippen molar-refractivity contribution in [2.45, 2.75) is 13.0 Å². The maximum absolute atomic E-state index is 11.7. The second kappa shape index (κ2) is 5.95. The number of aromatic hydroxyl groups is 1. The van der Waals surface area contributed by atoms with Gasteiger partial charge in [-0.25, -0.2) is 4.98 Å². The highest BCUT2D eigenvalue weighted by molar-refractivity contribution is 6.36. The van der Waals surface area contributed by atoms with Crippen LogP contribution in [0.15, 0.2) is 30.9 Å². The van der Waals surface area contributed by atoms with Gasteiger partial charge in [-0.2, -0.15) is 0 Å². The Morgan fingerprint density at radius 2 is 2.21 bits per heavy atom. The van der Waals surface area contributed by atoms with Crippen LogP contribution < -0.4 is 5.32 Å². The van der Waals surface area contributed by atoms with Gasteiger partial charge in [-0.1, -0.05) is 23.2 Å². The highest BCUT2D eigenvalue weighted by atomic mass is 35.5. The Kier molecular flexibility index (Phi) is 4.29. The van der Waals surface area contributed by atoms with Gasteiger partial charge < -0.3 is 15.0 Å². The summed E-state index contributed by atoms with van der Waals surface area (Å²) >= 11 is 11.6. The lowest BCUT2D eigenvalue weighted by Crippen LogP contribution is -2.14. The largest absolute Gasteiger partial charge is 0.504 e. The minimum Gasteiger partial charge on any atom is -0.504 e. The van der Waals surface area contributed by atoms with Gasteiger partial charge in [-0.15, -0.1) is 0 Å². The van der Waals surface area contributed by atoms with Crippen molar-refractivity contribution < 1.29 is 9.90 Å². The Morgan fingerprint density at radius 1 is 1.42 bits per heavy atom. The second-order valence-electron chi connectivity index (χ2n) is 3.88. The quantitative estimate of drug-likeness (QED) is 0.853. The van der Waals surface area contributed by atoms with Crippen molar-refractivity contribution in [2.24, 2.45) is 0 Å². The number of phenolic OH excluding ortho intramolecular Hbond substituents is 1. The number of anilines is 1. The number of hydrogen-bond acceptors (Lipinski definition) is 3.